The molecule has 0 aliphatic carbocycles. The number of carbonyl (C=O) groups excluding carboxylic acids is 1. The van der Waals surface area contributed by atoms with Crippen LogP contribution in [0.25, 0.3) is 0 Å². The van der Waals surface area contributed by atoms with E-state index < -0.39 is 0 Å². The molecule has 0 unspecified atom stereocenters. The highest BCUT2D eigenvalue weighted by Crippen LogP contribution is 2.35. The third kappa shape index (κ3) is 4.06. The summed E-state index contributed by atoms with van der Waals surface area (Å²) in [6.07, 6.45) is 0. The highest BCUT2D eigenvalue weighted by atomic mass is 35.5. The van der Waals surface area contributed by atoms with Gasteiger partial charge in [-0.25, -0.2) is 0 Å². The van der Waals surface area contributed by atoms with E-state index in [1.807, 2.05) is 19.1 Å². The largest absolute Gasteiger partial charge is 0.398 e. The number of amides is 1. The Morgan fingerprint density at radius 1 is 1.19 bits per heavy atom. The van der Waals surface area contributed by atoms with E-state index in [2.05, 4.69) is 5.32 Å². The SMILES string of the molecule is CCNC(=O)c1ccc(Sc2ccc(Cl)c(Cl)c2)c(N)c1. The summed E-state index contributed by atoms with van der Waals surface area (Å²) in [5.41, 5.74) is 7.11. The lowest BCUT2D eigenvalue weighted by atomic mass is 10.2. The molecule has 3 nitrogen and oxygen atoms in total. The Balaban J connectivity index is 2.21. The van der Waals surface area contributed by atoms with Crippen LogP contribution in [-0.2, 0) is 0 Å². The van der Waals surface area contributed by atoms with Crippen molar-refractivity contribution >= 4 is 46.6 Å². The molecule has 6 heteroatoms. The van der Waals surface area contributed by atoms with Crippen molar-refractivity contribution in [2.45, 2.75) is 16.7 Å². The number of rotatable bonds is 4. The Morgan fingerprint density at radius 2 is 1.95 bits per heavy atom. The second-order valence-corrected chi connectivity index (χ2v) is 6.22. The molecule has 0 aliphatic heterocycles. The zero-order valence-electron chi connectivity index (χ0n) is 11.3. The fraction of sp³-hybridized carbons (Fsp3) is 0.133. The number of halogens is 2. The maximum Gasteiger partial charge on any atom is 0.251 e. The van der Waals surface area contributed by atoms with Crippen molar-refractivity contribution in [3.63, 3.8) is 0 Å². The van der Waals surface area contributed by atoms with Gasteiger partial charge >= 0.3 is 0 Å². The molecular weight excluding hydrogens is 327 g/mol. The lowest BCUT2D eigenvalue weighted by Crippen LogP contribution is -2.22. The minimum atomic E-state index is -0.129. The number of hydrogen-bond donors (Lipinski definition) is 2. The van der Waals surface area contributed by atoms with Gasteiger partial charge in [-0.3, -0.25) is 4.79 Å². The van der Waals surface area contributed by atoms with Crippen LogP contribution in [0.1, 0.15) is 17.3 Å². The molecule has 2 aromatic carbocycles. The van der Waals surface area contributed by atoms with Crippen LogP contribution in [0.15, 0.2) is 46.2 Å². The highest BCUT2D eigenvalue weighted by Gasteiger charge is 2.09. The maximum absolute atomic E-state index is 11.7. The van der Waals surface area contributed by atoms with E-state index in [1.165, 1.54) is 11.8 Å². The summed E-state index contributed by atoms with van der Waals surface area (Å²) >= 11 is 13.4. The van der Waals surface area contributed by atoms with E-state index in [-0.39, 0.29) is 5.91 Å². The third-order valence-electron chi connectivity index (χ3n) is 2.73. The van der Waals surface area contributed by atoms with Gasteiger partial charge in [-0.05, 0) is 43.3 Å². The molecule has 0 saturated heterocycles. The van der Waals surface area contributed by atoms with Crippen LogP contribution in [0, 0.1) is 0 Å². The van der Waals surface area contributed by atoms with E-state index in [0.29, 0.717) is 27.8 Å². The summed E-state index contributed by atoms with van der Waals surface area (Å²) in [7, 11) is 0. The van der Waals surface area contributed by atoms with Gasteiger partial charge in [-0.2, -0.15) is 0 Å². The number of benzene rings is 2. The average Bonchev–Trinajstić information content (AvgIpc) is 2.45. The van der Waals surface area contributed by atoms with E-state index in [0.717, 1.165) is 9.79 Å². The normalized spacial score (nSPS) is 10.4. The van der Waals surface area contributed by atoms with E-state index in [9.17, 15) is 4.79 Å². The van der Waals surface area contributed by atoms with Crippen molar-refractivity contribution in [3.8, 4) is 0 Å². The second kappa shape index (κ2) is 7.07. The fourth-order valence-corrected chi connectivity index (χ4v) is 2.96. The summed E-state index contributed by atoms with van der Waals surface area (Å²) in [5.74, 6) is -0.129. The predicted octanol–water partition coefficient (Wildman–Crippen LogP) is 4.48. The average molecular weight is 341 g/mol. The van der Waals surface area contributed by atoms with Gasteiger partial charge in [-0.15, -0.1) is 0 Å². The molecule has 0 aliphatic rings. The quantitative estimate of drug-likeness (QED) is 0.807. The first-order chi connectivity index (χ1) is 10.0. The summed E-state index contributed by atoms with van der Waals surface area (Å²) < 4.78 is 0. The molecular formula is C15H14Cl2N2OS. The summed E-state index contributed by atoms with van der Waals surface area (Å²) in [5, 5.41) is 3.75. The van der Waals surface area contributed by atoms with Gasteiger partial charge in [0.05, 0.1) is 10.0 Å². The zero-order chi connectivity index (χ0) is 15.4. The highest BCUT2D eigenvalue weighted by molar-refractivity contribution is 7.99. The number of anilines is 1. The van der Waals surface area contributed by atoms with Crippen LogP contribution in [0.2, 0.25) is 10.0 Å². The van der Waals surface area contributed by atoms with E-state index in [4.69, 9.17) is 28.9 Å². The monoisotopic (exact) mass is 340 g/mol. The molecule has 0 fully saturated rings. The number of nitrogens with one attached hydrogen (secondary N) is 1. The maximum atomic E-state index is 11.7. The van der Waals surface area contributed by atoms with Gasteiger partial charge in [-0.1, -0.05) is 35.0 Å². The van der Waals surface area contributed by atoms with Crippen molar-refractivity contribution < 1.29 is 4.79 Å². The van der Waals surface area contributed by atoms with Crippen LogP contribution in [-0.4, -0.2) is 12.5 Å². The van der Waals surface area contributed by atoms with Crippen molar-refractivity contribution in [1.82, 2.24) is 5.32 Å². The Hall–Kier alpha value is -1.36. The number of hydrogen-bond acceptors (Lipinski definition) is 3. The van der Waals surface area contributed by atoms with E-state index in [1.54, 1.807) is 24.3 Å². The molecule has 110 valence electrons. The molecule has 0 spiro atoms. The Morgan fingerprint density at radius 3 is 2.57 bits per heavy atom. The molecule has 21 heavy (non-hydrogen) atoms. The smallest absolute Gasteiger partial charge is 0.251 e. The van der Waals surface area contributed by atoms with Crippen LogP contribution in [0.4, 0.5) is 5.69 Å². The van der Waals surface area contributed by atoms with Crippen molar-refractivity contribution in [3.05, 3.63) is 52.0 Å². The molecule has 0 bridgehead atoms. The fourth-order valence-electron chi connectivity index (χ4n) is 1.71. The molecule has 1 amide bonds. The van der Waals surface area contributed by atoms with Crippen LogP contribution < -0.4 is 11.1 Å². The van der Waals surface area contributed by atoms with Crippen molar-refractivity contribution in [1.29, 1.82) is 0 Å². The molecule has 0 atom stereocenters. The first-order valence-corrected chi connectivity index (χ1v) is 7.89. The van der Waals surface area contributed by atoms with Crippen LogP contribution >= 0.6 is 35.0 Å². The van der Waals surface area contributed by atoms with Gasteiger partial charge in [0.15, 0.2) is 0 Å². The number of nitrogens with two attached hydrogens (primary N) is 1. The summed E-state index contributed by atoms with van der Waals surface area (Å²) in [6.45, 7) is 2.45. The van der Waals surface area contributed by atoms with Gasteiger partial charge in [0, 0.05) is 27.6 Å². The van der Waals surface area contributed by atoms with Crippen LogP contribution in [0.3, 0.4) is 0 Å². The topological polar surface area (TPSA) is 55.1 Å². The Bertz CT molecular complexity index is 677. The van der Waals surface area contributed by atoms with Crippen LogP contribution in [0.5, 0.6) is 0 Å². The first-order valence-electron chi connectivity index (χ1n) is 6.32. The van der Waals surface area contributed by atoms with Gasteiger partial charge in [0.1, 0.15) is 0 Å². The Labute approximate surface area is 137 Å². The predicted molar refractivity (Wildman–Crippen MR) is 89.4 cm³/mol. The lowest BCUT2D eigenvalue weighted by Gasteiger charge is -2.09. The molecule has 2 rings (SSSR count). The van der Waals surface area contributed by atoms with Crippen molar-refractivity contribution in [2.75, 3.05) is 12.3 Å². The molecule has 0 heterocycles. The summed E-state index contributed by atoms with van der Waals surface area (Å²) in [4.78, 5) is 13.5. The standard InChI is InChI=1S/C15H14Cl2N2OS/c1-2-19-15(20)9-3-6-14(13(18)7-9)21-10-4-5-11(16)12(17)8-10/h3-8H,2,18H2,1H3,(H,19,20). The van der Waals surface area contributed by atoms with Gasteiger partial charge in [0.2, 0.25) is 0 Å². The summed E-state index contributed by atoms with van der Waals surface area (Å²) in [6, 6.07) is 10.6. The minimum Gasteiger partial charge on any atom is -0.398 e. The first kappa shape index (κ1) is 16.0. The molecule has 0 aromatic heterocycles. The van der Waals surface area contributed by atoms with Crippen molar-refractivity contribution in [2.24, 2.45) is 0 Å². The third-order valence-corrected chi connectivity index (χ3v) is 4.55. The van der Waals surface area contributed by atoms with Gasteiger partial charge < -0.3 is 11.1 Å². The second-order valence-electron chi connectivity index (χ2n) is 4.29. The Kier molecular flexibility index (Phi) is 5.39. The number of nitrogen functional groups attached to an aromatic ring is 1. The molecule has 0 saturated carbocycles. The minimum absolute atomic E-state index is 0.129. The molecule has 3 N–H and O–H groups in total. The zero-order valence-corrected chi connectivity index (χ0v) is 13.6. The number of carbonyl (C=O) groups is 1. The molecule has 2 aromatic rings. The van der Waals surface area contributed by atoms with E-state index >= 15 is 0 Å². The van der Waals surface area contributed by atoms with Gasteiger partial charge in [0.25, 0.3) is 5.91 Å². The lowest BCUT2D eigenvalue weighted by molar-refractivity contribution is 0.0956. The molecule has 0 radical (unpaired) electrons.